The van der Waals surface area contributed by atoms with Crippen molar-refractivity contribution in [1.82, 2.24) is 20.2 Å². The monoisotopic (exact) mass is 574 g/mol. The van der Waals surface area contributed by atoms with Gasteiger partial charge in [0.15, 0.2) is 5.82 Å². The lowest BCUT2D eigenvalue weighted by Crippen LogP contribution is -2.51. The molecule has 7 nitrogen and oxygen atoms in total. The number of fused-ring (bicyclic) bond motifs is 4. The van der Waals surface area contributed by atoms with Gasteiger partial charge in [-0.2, -0.15) is 23.1 Å². The molecular formula is C29H31F5N6O. The van der Waals surface area contributed by atoms with Gasteiger partial charge in [0.2, 0.25) is 0 Å². The number of benzene rings is 2. The number of alkyl halides is 4. The number of rotatable bonds is 5. The molecule has 1 aromatic heterocycles. The number of piperazine rings is 1. The maximum absolute atomic E-state index is 16.3. The SMILES string of the molecule is Nc1cc(-c2ccc3c(N4C[C@H]5CC[C@@H](C4)N5)nc(OC[C@@]45CCCN4C[C@H](F)C5)nc3c2F)cc(C(F)(F)F)c1. The van der Waals surface area contributed by atoms with E-state index in [0.717, 1.165) is 44.4 Å². The Bertz CT molecular complexity index is 1490. The highest BCUT2D eigenvalue weighted by Gasteiger charge is 2.49. The summed E-state index contributed by atoms with van der Waals surface area (Å²) in [5, 5.41) is 4.02. The predicted octanol–water partition coefficient (Wildman–Crippen LogP) is 4.93. The molecule has 0 aliphatic carbocycles. The van der Waals surface area contributed by atoms with E-state index in [1.54, 1.807) is 6.07 Å². The first-order chi connectivity index (χ1) is 19.6. The lowest BCUT2D eigenvalue weighted by atomic mass is 9.95. The summed E-state index contributed by atoms with van der Waals surface area (Å²) in [7, 11) is 0. The van der Waals surface area contributed by atoms with Crippen LogP contribution in [-0.4, -0.2) is 71.4 Å². The van der Waals surface area contributed by atoms with E-state index in [9.17, 15) is 17.6 Å². The van der Waals surface area contributed by atoms with Crippen LogP contribution in [0.25, 0.3) is 22.0 Å². The second-order valence-electron chi connectivity index (χ2n) is 11.9. The van der Waals surface area contributed by atoms with Crippen LogP contribution in [-0.2, 0) is 6.18 Å². The summed E-state index contributed by atoms with van der Waals surface area (Å²) in [4.78, 5) is 13.4. The molecule has 41 heavy (non-hydrogen) atoms. The molecule has 4 aliphatic rings. The summed E-state index contributed by atoms with van der Waals surface area (Å²) >= 11 is 0. The lowest BCUT2D eigenvalue weighted by molar-refractivity contribution is -0.137. The normalized spacial score (nSPS) is 28.0. The molecule has 4 atom stereocenters. The maximum Gasteiger partial charge on any atom is 0.416 e. The van der Waals surface area contributed by atoms with Crippen molar-refractivity contribution in [3.05, 3.63) is 41.7 Å². The molecule has 4 aliphatic heterocycles. The number of aromatic nitrogens is 2. The van der Waals surface area contributed by atoms with Crippen LogP contribution in [0.3, 0.4) is 0 Å². The molecule has 0 radical (unpaired) electrons. The average molecular weight is 575 g/mol. The van der Waals surface area contributed by atoms with E-state index in [1.807, 2.05) is 0 Å². The molecule has 218 valence electrons. The minimum absolute atomic E-state index is 0.00000195. The molecule has 5 heterocycles. The third-order valence-corrected chi connectivity index (χ3v) is 9.11. The van der Waals surface area contributed by atoms with Gasteiger partial charge in [0.1, 0.15) is 24.1 Å². The molecule has 4 saturated heterocycles. The second kappa shape index (κ2) is 9.65. The molecule has 4 fully saturated rings. The first-order valence-electron chi connectivity index (χ1n) is 14.1. The minimum atomic E-state index is -4.64. The van der Waals surface area contributed by atoms with Crippen molar-refractivity contribution in [3.63, 3.8) is 0 Å². The van der Waals surface area contributed by atoms with Gasteiger partial charge < -0.3 is 20.7 Å². The Labute approximate surface area is 233 Å². The van der Waals surface area contributed by atoms with Crippen molar-refractivity contribution >= 4 is 22.4 Å². The second-order valence-corrected chi connectivity index (χ2v) is 11.9. The third-order valence-electron chi connectivity index (χ3n) is 9.11. The van der Waals surface area contributed by atoms with Crippen molar-refractivity contribution in [1.29, 1.82) is 0 Å². The van der Waals surface area contributed by atoms with Crippen LogP contribution in [0.4, 0.5) is 33.5 Å². The summed E-state index contributed by atoms with van der Waals surface area (Å²) in [5.41, 5.74) is 4.15. The summed E-state index contributed by atoms with van der Waals surface area (Å²) in [6, 6.07) is 6.66. The Hall–Kier alpha value is -3.25. The van der Waals surface area contributed by atoms with Crippen molar-refractivity contribution in [2.75, 3.05) is 43.4 Å². The summed E-state index contributed by atoms with van der Waals surface area (Å²) in [5.74, 6) is -0.258. The number of nitrogens with zero attached hydrogens (tertiary/aromatic N) is 4. The number of nitrogens with two attached hydrogens (primary N) is 1. The molecule has 3 aromatic rings. The highest BCUT2D eigenvalue weighted by Crippen LogP contribution is 2.41. The first kappa shape index (κ1) is 26.6. The van der Waals surface area contributed by atoms with Gasteiger partial charge in [0.25, 0.3) is 0 Å². The number of hydrogen-bond donors (Lipinski definition) is 2. The van der Waals surface area contributed by atoms with E-state index >= 15 is 4.39 Å². The molecule has 0 amide bonds. The van der Waals surface area contributed by atoms with Crippen molar-refractivity contribution in [3.8, 4) is 17.1 Å². The minimum Gasteiger partial charge on any atom is -0.461 e. The topological polar surface area (TPSA) is 79.5 Å². The largest absolute Gasteiger partial charge is 0.461 e. The van der Waals surface area contributed by atoms with Crippen LogP contribution in [0.15, 0.2) is 30.3 Å². The molecule has 0 spiro atoms. The number of anilines is 2. The Morgan fingerprint density at radius 2 is 1.85 bits per heavy atom. The summed E-state index contributed by atoms with van der Waals surface area (Å²) in [6.45, 7) is 2.70. The highest BCUT2D eigenvalue weighted by atomic mass is 19.4. The van der Waals surface area contributed by atoms with Gasteiger partial charge >= 0.3 is 12.2 Å². The highest BCUT2D eigenvalue weighted by molar-refractivity contribution is 5.94. The van der Waals surface area contributed by atoms with E-state index in [1.165, 1.54) is 12.1 Å². The molecule has 7 rings (SSSR count). The fourth-order valence-electron chi connectivity index (χ4n) is 7.24. The predicted molar refractivity (Wildman–Crippen MR) is 145 cm³/mol. The molecule has 12 heteroatoms. The Morgan fingerprint density at radius 1 is 1.07 bits per heavy atom. The maximum atomic E-state index is 16.3. The van der Waals surface area contributed by atoms with Crippen LogP contribution in [0.1, 0.15) is 37.7 Å². The zero-order valence-electron chi connectivity index (χ0n) is 22.4. The van der Waals surface area contributed by atoms with Crippen LogP contribution in [0, 0.1) is 5.82 Å². The van der Waals surface area contributed by atoms with E-state index in [2.05, 4.69) is 20.1 Å². The van der Waals surface area contributed by atoms with Gasteiger partial charge in [0.05, 0.1) is 11.1 Å². The van der Waals surface area contributed by atoms with Gasteiger partial charge in [-0.1, -0.05) is 6.07 Å². The lowest BCUT2D eigenvalue weighted by Gasteiger charge is -2.34. The first-order valence-corrected chi connectivity index (χ1v) is 14.1. The smallest absolute Gasteiger partial charge is 0.416 e. The summed E-state index contributed by atoms with van der Waals surface area (Å²) < 4.78 is 77.2. The van der Waals surface area contributed by atoms with Crippen LogP contribution < -0.4 is 20.7 Å². The molecular weight excluding hydrogens is 543 g/mol. The molecule has 3 N–H and O–H groups in total. The van der Waals surface area contributed by atoms with Crippen LogP contribution >= 0.6 is 0 Å². The van der Waals surface area contributed by atoms with E-state index < -0.39 is 29.3 Å². The Morgan fingerprint density at radius 3 is 2.61 bits per heavy atom. The summed E-state index contributed by atoms with van der Waals surface area (Å²) in [6.07, 6.45) is -1.39. The zero-order valence-corrected chi connectivity index (χ0v) is 22.4. The van der Waals surface area contributed by atoms with Crippen molar-refractivity contribution in [2.45, 2.75) is 62.1 Å². The number of nitrogens with one attached hydrogen (secondary N) is 1. The van der Waals surface area contributed by atoms with Crippen LogP contribution in [0.2, 0.25) is 0 Å². The number of nitrogen functional groups attached to an aromatic ring is 1. The van der Waals surface area contributed by atoms with E-state index in [4.69, 9.17) is 15.5 Å². The van der Waals surface area contributed by atoms with Gasteiger partial charge in [-0.3, -0.25) is 4.90 Å². The Balaban J connectivity index is 1.31. The quantitative estimate of drug-likeness (QED) is 0.331. The van der Waals surface area contributed by atoms with Crippen molar-refractivity contribution in [2.24, 2.45) is 0 Å². The van der Waals surface area contributed by atoms with Gasteiger partial charge in [-0.15, -0.1) is 0 Å². The number of halogens is 5. The van der Waals surface area contributed by atoms with Crippen molar-refractivity contribution < 1.29 is 26.7 Å². The molecule has 0 unspecified atom stereocenters. The third kappa shape index (κ3) is 4.74. The van der Waals surface area contributed by atoms with Gasteiger partial charge in [0, 0.05) is 54.8 Å². The van der Waals surface area contributed by atoms with Gasteiger partial charge in [-0.05, 0) is 62.1 Å². The molecule has 0 saturated carbocycles. The van der Waals surface area contributed by atoms with Crippen LogP contribution in [0.5, 0.6) is 6.01 Å². The average Bonchev–Trinajstić information content (AvgIpc) is 3.57. The number of hydrogen-bond acceptors (Lipinski definition) is 7. The standard InChI is InChI=1S/C29H31F5N6O/c30-18-11-28(6-1-7-40(28)12-18)15-41-27-37-25-23(26(38-27)39-13-20-2-3-21(14-39)36-20)5-4-22(24(25)31)16-8-17(29(32,33)34)10-19(35)9-16/h4-5,8-10,18,20-21,36H,1-3,6-7,11-15,35H2/t18-,20-,21+,28+/m1/s1. The Kier molecular flexibility index (Phi) is 6.27. The zero-order chi connectivity index (χ0) is 28.5. The number of ether oxygens (including phenoxy) is 1. The van der Waals surface area contributed by atoms with Gasteiger partial charge in [-0.25, -0.2) is 8.78 Å². The fraction of sp³-hybridized carbons (Fsp3) is 0.517. The van der Waals surface area contributed by atoms with E-state index in [-0.39, 0.29) is 47.0 Å². The molecule has 2 bridgehead atoms. The fourth-order valence-corrected chi connectivity index (χ4v) is 7.24. The molecule has 2 aromatic carbocycles. The van der Waals surface area contributed by atoms with E-state index in [0.29, 0.717) is 37.3 Å².